The fraction of sp³-hybridized carbons (Fsp3) is 0.500. The molecule has 2 N–H and O–H groups in total. The molecule has 0 aromatic heterocycles. The van der Waals surface area contributed by atoms with Crippen molar-refractivity contribution >= 4 is 27.5 Å². The van der Waals surface area contributed by atoms with Gasteiger partial charge in [0.05, 0.1) is 18.8 Å². The van der Waals surface area contributed by atoms with Gasteiger partial charge in [-0.2, -0.15) is 0 Å². The van der Waals surface area contributed by atoms with Gasteiger partial charge in [0.2, 0.25) is 5.91 Å². The molecule has 0 bridgehead atoms. The van der Waals surface area contributed by atoms with E-state index in [9.17, 15) is 4.79 Å². The Morgan fingerprint density at radius 3 is 3.00 bits per heavy atom. The number of methoxy groups -OCH3 is 1. The Morgan fingerprint density at radius 1 is 1.53 bits per heavy atom. The minimum Gasteiger partial charge on any atom is -0.497 e. The van der Waals surface area contributed by atoms with Crippen LogP contribution < -0.4 is 15.4 Å². The summed E-state index contributed by atoms with van der Waals surface area (Å²) in [7, 11) is 1.61. The van der Waals surface area contributed by atoms with Gasteiger partial charge in [-0.3, -0.25) is 4.79 Å². The van der Waals surface area contributed by atoms with Gasteiger partial charge in [0.1, 0.15) is 5.75 Å². The van der Waals surface area contributed by atoms with Gasteiger partial charge in [-0.05, 0) is 53.4 Å². The molecule has 1 aliphatic rings. The van der Waals surface area contributed by atoms with Crippen molar-refractivity contribution in [3.8, 4) is 5.75 Å². The van der Waals surface area contributed by atoms with Gasteiger partial charge in [0.25, 0.3) is 0 Å². The highest BCUT2D eigenvalue weighted by molar-refractivity contribution is 9.10. The molecule has 2 unspecified atom stereocenters. The van der Waals surface area contributed by atoms with E-state index in [0.29, 0.717) is 5.92 Å². The Morgan fingerprint density at radius 2 is 2.32 bits per heavy atom. The molecule has 0 aliphatic carbocycles. The van der Waals surface area contributed by atoms with Gasteiger partial charge in [-0.1, -0.05) is 6.92 Å². The third-order valence-corrected chi connectivity index (χ3v) is 4.11. The van der Waals surface area contributed by atoms with Crippen molar-refractivity contribution in [1.82, 2.24) is 5.32 Å². The van der Waals surface area contributed by atoms with E-state index in [0.717, 1.165) is 35.3 Å². The Hall–Kier alpha value is -1.07. The molecule has 1 fully saturated rings. The zero-order chi connectivity index (χ0) is 13.8. The summed E-state index contributed by atoms with van der Waals surface area (Å²) < 4.78 is 6.02. The lowest BCUT2D eigenvalue weighted by Crippen LogP contribution is -2.45. The van der Waals surface area contributed by atoms with Crippen molar-refractivity contribution in [2.45, 2.75) is 25.8 Å². The molecular formula is C14H19BrN2O2. The monoisotopic (exact) mass is 326 g/mol. The van der Waals surface area contributed by atoms with Crippen LogP contribution in [0, 0.1) is 5.92 Å². The Balaban J connectivity index is 2.05. The second kappa shape index (κ2) is 6.39. The van der Waals surface area contributed by atoms with E-state index < -0.39 is 0 Å². The number of rotatable bonds is 3. The van der Waals surface area contributed by atoms with Crippen LogP contribution in [0.25, 0.3) is 0 Å². The second-order valence-corrected chi connectivity index (χ2v) is 5.83. The number of ether oxygens (including phenoxy) is 1. The van der Waals surface area contributed by atoms with Crippen LogP contribution in [0.2, 0.25) is 0 Å². The van der Waals surface area contributed by atoms with Crippen molar-refractivity contribution in [3.63, 3.8) is 0 Å². The van der Waals surface area contributed by atoms with Crippen molar-refractivity contribution in [1.29, 1.82) is 0 Å². The number of anilines is 1. The summed E-state index contributed by atoms with van der Waals surface area (Å²) in [6.07, 6.45) is 2.01. The molecule has 0 radical (unpaired) electrons. The first-order valence-electron chi connectivity index (χ1n) is 6.48. The van der Waals surface area contributed by atoms with Crippen molar-refractivity contribution in [2.75, 3.05) is 19.0 Å². The number of carbonyl (C=O) groups is 1. The van der Waals surface area contributed by atoms with Crippen LogP contribution in [-0.4, -0.2) is 25.6 Å². The summed E-state index contributed by atoms with van der Waals surface area (Å²) in [5.41, 5.74) is 0.740. The minimum absolute atomic E-state index is 0.0144. The van der Waals surface area contributed by atoms with Crippen LogP contribution in [0.4, 0.5) is 5.69 Å². The smallest absolute Gasteiger partial charge is 0.241 e. The van der Waals surface area contributed by atoms with Crippen molar-refractivity contribution in [3.05, 3.63) is 22.7 Å². The Bertz CT molecular complexity index is 465. The molecule has 1 aromatic rings. The first-order valence-corrected chi connectivity index (χ1v) is 7.27. The van der Waals surface area contributed by atoms with Crippen LogP contribution in [0.3, 0.4) is 0 Å². The van der Waals surface area contributed by atoms with Gasteiger partial charge in [-0.15, -0.1) is 0 Å². The van der Waals surface area contributed by atoms with E-state index in [4.69, 9.17) is 4.74 Å². The van der Waals surface area contributed by atoms with E-state index in [1.807, 2.05) is 18.2 Å². The molecule has 1 saturated heterocycles. The molecular weight excluding hydrogens is 308 g/mol. The molecule has 1 aliphatic heterocycles. The normalized spacial score (nSPS) is 22.9. The molecule has 5 heteroatoms. The molecule has 19 heavy (non-hydrogen) atoms. The maximum absolute atomic E-state index is 12.2. The second-order valence-electron chi connectivity index (χ2n) is 4.97. The SMILES string of the molecule is COc1ccc(Br)c(NC(=O)C2CC(C)CCN2)c1. The molecule has 4 nitrogen and oxygen atoms in total. The van der Waals surface area contributed by atoms with E-state index in [1.54, 1.807) is 7.11 Å². The summed E-state index contributed by atoms with van der Waals surface area (Å²) in [4.78, 5) is 12.2. The van der Waals surface area contributed by atoms with E-state index in [-0.39, 0.29) is 11.9 Å². The minimum atomic E-state index is -0.109. The summed E-state index contributed by atoms with van der Waals surface area (Å²) in [5, 5.41) is 6.21. The van der Waals surface area contributed by atoms with Gasteiger partial charge in [-0.25, -0.2) is 0 Å². The first kappa shape index (κ1) is 14.3. The molecule has 2 rings (SSSR count). The van der Waals surface area contributed by atoms with Gasteiger partial charge < -0.3 is 15.4 Å². The molecule has 0 saturated carbocycles. The lowest BCUT2D eigenvalue weighted by molar-refractivity contribution is -0.119. The predicted molar refractivity (Wildman–Crippen MR) is 79.5 cm³/mol. The number of hydrogen-bond donors (Lipinski definition) is 2. The molecule has 1 aromatic carbocycles. The lowest BCUT2D eigenvalue weighted by Gasteiger charge is -2.27. The molecule has 104 valence electrons. The summed E-state index contributed by atoms with van der Waals surface area (Å²) >= 11 is 3.43. The molecule has 1 heterocycles. The number of halogens is 1. The molecule has 2 atom stereocenters. The Labute approximate surface area is 122 Å². The molecule has 0 spiro atoms. The molecule has 1 amide bonds. The lowest BCUT2D eigenvalue weighted by atomic mass is 9.94. The van der Waals surface area contributed by atoms with Gasteiger partial charge in [0, 0.05) is 10.5 Å². The maximum atomic E-state index is 12.2. The van der Waals surface area contributed by atoms with Crippen LogP contribution in [0.1, 0.15) is 19.8 Å². The number of carbonyl (C=O) groups excluding carboxylic acids is 1. The van der Waals surface area contributed by atoms with Crippen LogP contribution in [0.5, 0.6) is 5.75 Å². The summed E-state index contributed by atoms with van der Waals surface area (Å²) in [6.45, 7) is 3.08. The van der Waals surface area contributed by atoms with E-state index in [2.05, 4.69) is 33.5 Å². The van der Waals surface area contributed by atoms with Gasteiger partial charge >= 0.3 is 0 Å². The highest BCUT2D eigenvalue weighted by Gasteiger charge is 2.24. The first-order chi connectivity index (χ1) is 9.10. The standard InChI is InChI=1S/C14H19BrN2O2/c1-9-5-6-16-13(7-9)14(18)17-12-8-10(19-2)3-4-11(12)15/h3-4,8-9,13,16H,5-7H2,1-2H3,(H,17,18). The van der Waals surface area contributed by atoms with E-state index >= 15 is 0 Å². The fourth-order valence-electron chi connectivity index (χ4n) is 2.25. The fourth-order valence-corrected chi connectivity index (χ4v) is 2.60. The average Bonchev–Trinajstić information content (AvgIpc) is 2.41. The quantitative estimate of drug-likeness (QED) is 0.898. The predicted octanol–water partition coefficient (Wildman–Crippen LogP) is 2.78. The number of nitrogens with one attached hydrogen (secondary N) is 2. The number of benzene rings is 1. The van der Waals surface area contributed by atoms with Gasteiger partial charge in [0.15, 0.2) is 0 Å². The number of amides is 1. The average molecular weight is 327 g/mol. The number of piperidine rings is 1. The van der Waals surface area contributed by atoms with E-state index in [1.165, 1.54) is 0 Å². The highest BCUT2D eigenvalue weighted by atomic mass is 79.9. The van der Waals surface area contributed by atoms with Crippen LogP contribution in [0.15, 0.2) is 22.7 Å². The summed E-state index contributed by atoms with van der Waals surface area (Å²) in [6, 6.07) is 5.42. The number of hydrogen-bond acceptors (Lipinski definition) is 3. The zero-order valence-electron chi connectivity index (χ0n) is 11.2. The zero-order valence-corrected chi connectivity index (χ0v) is 12.8. The highest BCUT2D eigenvalue weighted by Crippen LogP contribution is 2.27. The summed E-state index contributed by atoms with van der Waals surface area (Å²) in [5.74, 6) is 1.33. The maximum Gasteiger partial charge on any atom is 0.241 e. The third kappa shape index (κ3) is 3.70. The Kier molecular flexibility index (Phi) is 4.82. The topological polar surface area (TPSA) is 50.4 Å². The van der Waals surface area contributed by atoms with Crippen LogP contribution >= 0.6 is 15.9 Å². The third-order valence-electron chi connectivity index (χ3n) is 3.41. The van der Waals surface area contributed by atoms with Crippen LogP contribution in [-0.2, 0) is 4.79 Å². The largest absolute Gasteiger partial charge is 0.497 e. The van der Waals surface area contributed by atoms with Crippen molar-refractivity contribution < 1.29 is 9.53 Å². The van der Waals surface area contributed by atoms with Crippen molar-refractivity contribution in [2.24, 2.45) is 5.92 Å².